The van der Waals surface area contributed by atoms with Crippen molar-refractivity contribution in [1.29, 1.82) is 0 Å². The van der Waals surface area contributed by atoms with E-state index in [1.54, 1.807) is 12.3 Å². The molecule has 100 valence electrons. The Balaban J connectivity index is 2.46. The van der Waals surface area contributed by atoms with E-state index in [1.807, 2.05) is 32.9 Å². The molecule has 2 aromatic rings. The van der Waals surface area contributed by atoms with E-state index < -0.39 is 5.60 Å². The lowest BCUT2D eigenvalue weighted by Gasteiger charge is -2.19. The zero-order valence-electron chi connectivity index (χ0n) is 11.1. The maximum absolute atomic E-state index is 12.1. The molecule has 3 N–H and O–H groups in total. The average molecular weight is 276 g/mol. The van der Waals surface area contributed by atoms with Crippen LogP contribution in [0.3, 0.4) is 0 Å². The summed E-state index contributed by atoms with van der Waals surface area (Å²) in [6.07, 6.45) is 1.64. The predicted octanol–water partition coefficient (Wildman–Crippen LogP) is 2.76. The molecule has 1 heterocycles. The van der Waals surface area contributed by atoms with E-state index in [4.69, 9.17) is 22.7 Å². The fraction of sp³-hybridized carbons (Fsp3) is 0.286. The van der Waals surface area contributed by atoms with Gasteiger partial charge in [0.05, 0.1) is 5.56 Å². The van der Waals surface area contributed by atoms with Crippen molar-refractivity contribution < 1.29 is 9.53 Å². The normalized spacial score (nSPS) is 11.5. The Labute approximate surface area is 116 Å². The molecule has 0 radical (unpaired) electrons. The van der Waals surface area contributed by atoms with Gasteiger partial charge in [-0.1, -0.05) is 12.2 Å². The highest BCUT2D eigenvalue weighted by Gasteiger charge is 2.20. The number of ether oxygens (including phenoxy) is 1. The Bertz CT molecular complexity index is 653. The van der Waals surface area contributed by atoms with Crippen molar-refractivity contribution in [2.75, 3.05) is 0 Å². The topological polar surface area (TPSA) is 68.1 Å². The second-order valence-electron chi connectivity index (χ2n) is 5.33. The molecule has 0 spiro atoms. The SMILES string of the molecule is CC(C)(C)OC(=O)c1c[nH]c2ccc(C(N)=S)cc12. The Morgan fingerprint density at radius 3 is 2.63 bits per heavy atom. The van der Waals surface area contributed by atoms with Crippen LogP contribution in [0.25, 0.3) is 10.9 Å². The molecule has 1 aromatic heterocycles. The number of rotatable bonds is 2. The summed E-state index contributed by atoms with van der Waals surface area (Å²) in [6.45, 7) is 5.50. The third kappa shape index (κ3) is 2.93. The first kappa shape index (κ1) is 13.5. The first-order valence-corrected chi connectivity index (χ1v) is 6.33. The Morgan fingerprint density at radius 2 is 2.05 bits per heavy atom. The van der Waals surface area contributed by atoms with Gasteiger partial charge < -0.3 is 15.5 Å². The molecular formula is C14H16N2O2S. The third-order valence-electron chi connectivity index (χ3n) is 2.59. The van der Waals surface area contributed by atoms with Gasteiger partial charge in [0.2, 0.25) is 0 Å². The molecule has 0 aliphatic carbocycles. The summed E-state index contributed by atoms with van der Waals surface area (Å²) in [5.41, 5.74) is 7.15. The number of aromatic amines is 1. The molecule has 0 aliphatic heterocycles. The summed E-state index contributed by atoms with van der Waals surface area (Å²) in [7, 11) is 0. The fourth-order valence-electron chi connectivity index (χ4n) is 1.78. The lowest BCUT2D eigenvalue weighted by atomic mass is 10.1. The van der Waals surface area contributed by atoms with Crippen LogP contribution in [0.2, 0.25) is 0 Å². The second-order valence-corrected chi connectivity index (χ2v) is 5.77. The van der Waals surface area contributed by atoms with E-state index in [9.17, 15) is 4.79 Å². The second kappa shape index (κ2) is 4.66. The molecular weight excluding hydrogens is 260 g/mol. The van der Waals surface area contributed by atoms with Crippen molar-refractivity contribution in [2.45, 2.75) is 26.4 Å². The number of nitrogens with one attached hydrogen (secondary N) is 1. The minimum atomic E-state index is -0.526. The summed E-state index contributed by atoms with van der Waals surface area (Å²) >= 11 is 4.95. The van der Waals surface area contributed by atoms with E-state index in [1.165, 1.54) is 0 Å². The van der Waals surface area contributed by atoms with Gasteiger partial charge in [-0.15, -0.1) is 0 Å². The van der Waals surface area contributed by atoms with Crippen LogP contribution in [0.5, 0.6) is 0 Å². The van der Waals surface area contributed by atoms with Crippen molar-refractivity contribution in [2.24, 2.45) is 5.73 Å². The number of nitrogens with two attached hydrogens (primary N) is 1. The highest BCUT2D eigenvalue weighted by molar-refractivity contribution is 7.80. The van der Waals surface area contributed by atoms with Crippen molar-refractivity contribution in [1.82, 2.24) is 4.98 Å². The number of esters is 1. The zero-order valence-corrected chi connectivity index (χ0v) is 11.9. The maximum Gasteiger partial charge on any atom is 0.340 e. The summed E-state index contributed by atoms with van der Waals surface area (Å²) in [5, 5.41) is 0.763. The van der Waals surface area contributed by atoms with Crippen LogP contribution in [0.4, 0.5) is 0 Å². The van der Waals surface area contributed by atoms with Gasteiger partial charge in [0.1, 0.15) is 10.6 Å². The summed E-state index contributed by atoms with van der Waals surface area (Å²) in [4.78, 5) is 15.5. The highest BCUT2D eigenvalue weighted by atomic mass is 32.1. The van der Waals surface area contributed by atoms with Crippen molar-refractivity contribution in [3.05, 3.63) is 35.5 Å². The molecule has 0 bridgehead atoms. The number of fused-ring (bicyclic) bond motifs is 1. The van der Waals surface area contributed by atoms with E-state index >= 15 is 0 Å². The van der Waals surface area contributed by atoms with Crippen LogP contribution < -0.4 is 5.73 Å². The molecule has 0 saturated heterocycles. The molecule has 5 heteroatoms. The van der Waals surface area contributed by atoms with Crippen LogP contribution in [-0.4, -0.2) is 21.5 Å². The van der Waals surface area contributed by atoms with Crippen molar-refractivity contribution in [3.8, 4) is 0 Å². The van der Waals surface area contributed by atoms with E-state index in [2.05, 4.69) is 4.98 Å². The third-order valence-corrected chi connectivity index (χ3v) is 2.82. The molecule has 0 atom stereocenters. The Morgan fingerprint density at radius 1 is 1.37 bits per heavy atom. The standard InChI is InChI=1S/C14H16N2O2S/c1-14(2,3)18-13(17)10-7-16-11-5-4-8(12(15)19)6-9(10)11/h4-7,16H,1-3H3,(H2,15,19). The van der Waals surface area contributed by atoms with Crippen LogP contribution in [0.1, 0.15) is 36.7 Å². The number of benzene rings is 1. The molecule has 19 heavy (non-hydrogen) atoms. The first-order chi connectivity index (χ1) is 8.78. The van der Waals surface area contributed by atoms with Crippen LogP contribution in [0.15, 0.2) is 24.4 Å². The van der Waals surface area contributed by atoms with Gasteiger partial charge in [-0.2, -0.15) is 0 Å². The molecule has 0 saturated carbocycles. The summed E-state index contributed by atoms with van der Waals surface area (Å²) < 4.78 is 5.37. The van der Waals surface area contributed by atoms with Crippen molar-refractivity contribution >= 4 is 34.1 Å². The number of carbonyl (C=O) groups is 1. The number of carbonyl (C=O) groups excluding carboxylic acids is 1. The number of hydrogen-bond donors (Lipinski definition) is 2. The predicted molar refractivity (Wildman–Crippen MR) is 79.4 cm³/mol. The Hall–Kier alpha value is -1.88. The van der Waals surface area contributed by atoms with Crippen LogP contribution in [-0.2, 0) is 4.74 Å². The van der Waals surface area contributed by atoms with E-state index in [0.29, 0.717) is 10.6 Å². The minimum absolute atomic E-state index is 0.304. The molecule has 0 fully saturated rings. The number of H-pyrrole nitrogens is 1. The van der Waals surface area contributed by atoms with Crippen LogP contribution in [0, 0.1) is 0 Å². The van der Waals surface area contributed by atoms with Gasteiger partial charge >= 0.3 is 5.97 Å². The molecule has 4 nitrogen and oxygen atoms in total. The average Bonchev–Trinajstić information content (AvgIpc) is 2.68. The lowest BCUT2D eigenvalue weighted by molar-refractivity contribution is 0.00719. The number of thiocarbonyl (C=S) groups is 1. The minimum Gasteiger partial charge on any atom is -0.456 e. The number of hydrogen-bond acceptors (Lipinski definition) is 3. The van der Waals surface area contributed by atoms with Gasteiger partial charge in [0.15, 0.2) is 0 Å². The monoisotopic (exact) mass is 276 g/mol. The Kier molecular flexibility index (Phi) is 3.32. The first-order valence-electron chi connectivity index (χ1n) is 5.92. The molecule has 0 aliphatic rings. The summed E-state index contributed by atoms with van der Waals surface area (Å²) in [5.74, 6) is -0.362. The molecule has 2 rings (SSSR count). The molecule has 0 amide bonds. The van der Waals surface area contributed by atoms with Gasteiger partial charge in [-0.05, 0) is 39.0 Å². The quantitative estimate of drug-likeness (QED) is 0.653. The van der Waals surface area contributed by atoms with Gasteiger partial charge in [-0.3, -0.25) is 0 Å². The number of aromatic nitrogens is 1. The van der Waals surface area contributed by atoms with E-state index in [0.717, 1.165) is 16.5 Å². The van der Waals surface area contributed by atoms with Crippen LogP contribution >= 0.6 is 12.2 Å². The molecule has 0 unspecified atom stereocenters. The maximum atomic E-state index is 12.1. The van der Waals surface area contributed by atoms with Gasteiger partial charge in [0.25, 0.3) is 0 Å². The zero-order chi connectivity index (χ0) is 14.2. The van der Waals surface area contributed by atoms with E-state index in [-0.39, 0.29) is 5.97 Å². The largest absolute Gasteiger partial charge is 0.456 e. The summed E-state index contributed by atoms with van der Waals surface area (Å²) in [6, 6.07) is 5.46. The smallest absolute Gasteiger partial charge is 0.340 e. The van der Waals surface area contributed by atoms with Gasteiger partial charge in [0, 0.05) is 22.7 Å². The van der Waals surface area contributed by atoms with Crippen molar-refractivity contribution in [3.63, 3.8) is 0 Å². The fourth-order valence-corrected chi connectivity index (χ4v) is 1.90. The highest BCUT2D eigenvalue weighted by Crippen LogP contribution is 2.22. The lowest BCUT2D eigenvalue weighted by Crippen LogP contribution is -2.23. The molecule has 1 aromatic carbocycles. The van der Waals surface area contributed by atoms with Gasteiger partial charge in [-0.25, -0.2) is 4.79 Å².